The van der Waals surface area contributed by atoms with Crippen LogP contribution >= 0.6 is 0 Å². The molecule has 0 bridgehead atoms. The molecule has 11 heteroatoms. The number of carbonyl (C=O) groups is 3. The summed E-state index contributed by atoms with van der Waals surface area (Å²) in [4.78, 5) is 38.1. The van der Waals surface area contributed by atoms with E-state index in [1.54, 1.807) is 37.3 Å². The molecule has 2 aromatic rings. The number of aliphatic hydroxyl groups excluding tert-OH is 3. The van der Waals surface area contributed by atoms with Crippen LogP contribution in [0.1, 0.15) is 30.4 Å². The van der Waals surface area contributed by atoms with Gasteiger partial charge in [0.15, 0.2) is 22.9 Å². The highest BCUT2D eigenvalue weighted by atomic mass is 16.7. The van der Waals surface area contributed by atoms with Gasteiger partial charge in [-0.25, -0.2) is 0 Å². The van der Waals surface area contributed by atoms with Crippen LogP contribution in [0.2, 0.25) is 0 Å². The minimum Gasteiger partial charge on any atom is -0.508 e. The van der Waals surface area contributed by atoms with Crippen molar-refractivity contribution >= 4 is 23.2 Å². The van der Waals surface area contributed by atoms with Crippen LogP contribution in [0.5, 0.6) is 17.2 Å². The number of hydrogen-bond acceptors (Lipinski definition) is 10. The van der Waals surface area contributed by atoms with Crippen LogP contribution < -0.4 is 15.2 Å². The Morgan fingerprint density at radius 3 is 2.50 bits per heavy atom. The predicted octanol–water partition coefficient (Wildman–Crippen LogP) is 1.35. The first kappa shape index (κ1) is 24.0. The lowest BCUT2D eigenvalue weighted by Crippen LogP contribution is -2.63. The van der Waals surface area contributed by atoms with Gasteiger partial charge in [0.2, 0.25) is 12.6 Å². The van der Waals surface area contributed by atoms with Crippen molar-refractivity contribution in [3.05, 3.63) is 58.4 Å². The van der Waals surface area contributed by atoms with Gasteiger partial charge in [0, 0.05) is 29.4 Å². The number of aliphatic hydroxyl groups is 4. The maximum atomic E-state index is 13.8. The lowest BCUT2D eigenvalue weighted by molar-refractivity contribution is -0.160. The lowest BCUT2D eigenvalue weighted by atomic mass is 9.55. The van der Waals surface area contributed by atoms with E-state index in [-0.39, 0.29) is 18.1 Å². The van der Waals surface area contributed by atoms with E-state index in [2.05, 4.69) is 0 Å². The zero-order valence-corrected chi connectivity index (χ0v) is 20.0. The van der Waals surface area contributed by atoms with Gasteiger partial charge in [-0.05, 0) is 29.2 Å². The number of ketones is 2. The number of hydrogen-bond donors (Lipinski definition) is 6. The molecule has 38 heavy (non-hydrogen) atoms. The quantitative estimate of drug-likeness (QED) is 0.314. The molecule has 5 atom stereocenters. The van der Waals surface area contributed by atoms with Crippen molar-refractivity contribution in [2.45, 2.75) is 31.0 Å². The number of fused-ring (bicyclic) bond motifs is 4. The zero-order chi connectivity index (χ0) is 27.3. The van der Waals surface area contributed by atoms with E-state index in [0.29, 0.717) is 28.2 Å². The number of benzene rings is 2. The molecule has 6 rings (SSSR count). The number of Topliss-reactive ketones (excluding diaryl/α,β-unsaturated/α-hetero) is 2. The summed E-state index contributed by atoms with van der Waals surface area (Å²) in [5, 5.41) is 56.1. The molecule has 0 saturated heterocycles. The molecular weight excluding hydrogens is 498 g/mol. The first-order valence-electron chi connectivity index (χ1n) is 11.9. The van der Waals surface area contributed by atoms with Crippen LogP contribution in [-0.2, 0) is 14.4 Å². The number of carbonyl (C=O) groups excluding carboxylic acids is 3. The molecule has 1 saturated carbocycles. The highest BCUT2D eigenvalue weighted by Gasteiger charge is 2.64. The van der Waals surface area contributed by atoms with Crippen molar-refractivity contribution in [1.82, 2.24) is 0 Å². The van der Waals surface area contributed by atoms with E-state index in [4.69, 9.17) is 15.2 Å². The van der Waals surface area contributed by atoms with Gasteiger partial charge >= 0.3 is 0 Å². The molecule has 0 unspecified atom stereocenters. The Bertz CT molecular complexity index is 1540. The third kappa shape index (κ3) is 2.88. The number of aromatic hydroxyl groups is 1. The summed E-state index contributed by atoms with van der Waals surface area (Å²) in [7, 11) is 0. The van der Waals surface area contributed by atoms with Gasteiger partial charge < -0.3 is 40.7 Å². The summed E-state index contributed by atoms with van der Waals surface area (Å²) in [6.45, 7) is 1.73. The van der Waals surface area contributed by atoms with Crippen LogP contribution in [0.25, 0.3) is 16.9 Å². The summed E-state index contributed by atoms with van der Waals surface area (Å²) in [6.07, 6.45) is -2.20. The molecule has 1 aliphatic heterocycles. The van der Waals surface area contributed by atoms with E-state index < -0.39 is 76.0 Å². The molecular formula is C27H23NO10. The third-order valence-corrected chi connectivity index (χ3v) is 8.18. The van der Waals surface area contributed by atoms with Crippen LogP contribution in [0.4, 0.5) is 0 Å². The second-order valence-electron chi connectivity index (χ2n) is 9.98. The molecule has 11 nitrogen and oxygen atoms in total. The van der Waals surface area contributed by atoms with Crippen molar-refractivity contribution in [2.24, 2.45) is 17.6 Å². The highest BCUT2D eigenvalue weighted by Crippen LogP contribution is 2.56. The molecule has 1 heterocycles. The van der Waals surface area contributed by atoms with Crippen molar-refractivity contribution in [2.75, 3.05) is 6.79 Å². The fourth-order valence-electron chi connectivity index (χ4n) is 6.29. The SMILES string of the molecule is C[C@H]1c2ccc(-c3ccc4c(c3)OCO4)c(O)c2C(O)=C2C(=O)[C@]3(O)C(O)=C(C(N)=O)C(=O)C[C@@H]3[C@@H](O)[C@@H]21. The van der Waals surface area contributed by atoms with E-state index in [1.165, 1.54) is 0 Å². The van der Waals surface area contributed by atoms with Gasteiger partial charge in [0.25, 0.3) is 5.91 Å². The first-order valence-corrected chi connectivity index (χ1v) is 11.9. The minimum absolute atomic E-state index is 0.0550. The van der Waals surface area contributed by atoms with Crippen LogP contribution in [0.3, 0.4) is 0 Å². The van der Waals surface area contributed by atoms with Gasteiger partial charge in [-0.15, -0.1) is 0 Å². The van der Waals surface area contributed by atoms with Gasteiger partial charge in [-0.3, -0.25) is 14.4 Å². The minimum atomic E-state index is -2.88. The van der Waals surface area contributed by atoms with Crippen LogP contribution in [-0.4, -0.2) is 61.5 Å². The topological polar surface area (TPSA) is 197 Å². The standard InChI is InChI=1S/C27H23NO10/c1-9-11-3-4-12(10-2-5-15-16(6-10)38-8-37-15)21(30)18(11)23(32)20-17(9)22(31)13-7-14(29)19(26(28)35)24(33)27(13,36)25(20)34/h2-6,9,13,17,22,30-33,36H,7-8H2,1H3,(H2,28,35)/t9-,13+,17+,22+,27+/m0/s1. The third-order valence-electron chi connectivity index (χ3n) is 8.18. The summed E-state index contributed by atoms with van der Waals surface area (Å²) >= 11 is 0. The number of primary amides is 1. The van der Waals surface area contributed by atoms with Crippen molar-refractivity contribution in [1.29, 1.82) is 0 Å². The maximum Gasteiger partial charge on any atom is 0.255 e. The average molecular weight is 521 g/mol. The van der Waals surface area contributed by atoms with E-state index in [1.807, 2.05) is 0 Å². The molecule has 0 radical (unpaired) electrons. The van der Waals surface area contributed by atoms with E-state index in [9.17, 15) is 39.9 Å². The summed E-state index contributed by atoms with van der Waals surface area (Å²) in [5.74, 6) is -7.97. The molecule has 7 N–H and O–H groups in total. The molecule has 0 aromatic heterocycles. The molecule has 196 valence electrons. The fourth-order valence-corrected chi connectivity index (χ4v) is 6.29. The summed E-state index contributed by atoms with van der Waals surface area (Å²) < 4.78 is 10.7. The number of rotatable bonds is 2. The van der Waals surface area contributed by atoms with Gasteiger partial charge in [0.05, 0.1) is 11.7 Å². The van der Waals surface area contributed by atoms with Crippen LogP contribution in [0, 0.1) is 11.8 Å². The Labute approximate surface area is 215 Å². The largest absolute Gasteiger partial charge is 0.508 e. The fraction of sp³-hybridized carbons (Fsp3) is 0.296. The van der Waals surface area contributed by atoms with Crippen LogP contribution in [0.15, 0.2) is 47.2 Å². The number of nitrogens with two attached hydrogens (primary N) is 1. The molecule has 1 fully saturated rings. The first-order chi connectivity index (χ1) is 18.0. The highest BCUT2D eigenvalue weighted by molar-refractivity contribution is 6.23. The molecule has 0 spiro atoms. The lowest BCUT2D eigenvalue weighted by Gasteiger charge is -2.50. The van der Waals surface area contributed by atoms with Crippen molar-refractivity contribution < 1.29 is 49.4 Å². The van der Waals surface area contributed by atoms with Crippen molar-refractivity contribution in [3.63, 3.8) is 0 Å². The summed E-state index contributed by atoms with van der Waals surface area (Å²) in [6, 6.07) is 8.29. The molecule has 3 aliphatic carbocycles. The van der Waals surface area contributed by atoms with Gasteiger partial charge in [-0.1, -0.05) is 25.1 Å². The second-order valence-corrected chi connectivity index (χ2v) is 9.98. The molecule has 2 aromatic carbocycles. The average Bonchev–Trinajstić information content (AvgIpc) is 3.34. The Morgan fingerprint density at radius 1 is 1.08 bits per heavy atom. The van der Waals surface area contributed by atoms with E-state index >= 15 is 0 Å². The Hall–Kier alpha value is -4.35. The Kier molecular flexibility index (Phi) is 4.94. The smallest absolute Gasteiger partial charge is 0.255 e. The normalized spacial score (nSPS) is 29.7. The maximum absolute atomic E-state index is 13.8. The Morgan fingerprint density at radius 2 is 1.79 bits per heavy atom. The monoisotopic (exact) mass is 521 g/mol. The summed E-state index contributed by atoms with van der Waals surface area (Å²) in [5.41, 5.74) is 2.16. The van der Waals surface area contributed by atoms with Crippen molar-refractivity contribution in [3.8, 4) is 28.4 Å². The Balaban J connectivity index is 1.55. The number of ether oxygens (including phenoxy) is 2. The second kappa shape index (κ2) is 7.83. The number of phenolic OH excluding ortho intramolecular Hbond substituents is 1. The van der Waals surface area contributed by atoms with Gasteiger partial charge in [0.1, 0.15) is 22.8 Å². The van der Waals surface area contributed by atoms with E-state index in [0.717, 1.165) is 0 Å². The number of amides is 1. The van der Waals surface area contributed by atoms with Gasteiger partial charge in [-0.2, -0.15) is 0 Å². The molecule has 1 amide bonds. The number of phenols is 1. The predicted molar refractivity (Wildman–Crippen MR) is 129 cm³/mol. The zero-order valence-electron chi connectivity index (χ0n) is 20.0. The molecule has 4 aliphatic rings.